The number of hydrogen-bond donors (Lipinski definition) is 1. The molecule has 1 aromatic rings. The molecule has 1 heterocycles. The molecule has 0 radical (unpaired) electrons. The summed E-state index contributed by atoms with van der Waals surface area (Å²) in [4.78, 5) is 10.9. The average Bonchev–Trinajstić information content (AvgIpc) is 2.48. The Kier molecular flexibility index (Phi) is 3.08. The third-order valence-corrected chi connectivity index (χ3v) is 1.19. The second-order valence-electron chi connectivity index (χ2n) is 2.34. The molecule has 13 heavy (non-hydrogen) atoms. The third kappa shape index (κ3) is 2.98. The summed E-state index contributed by atoms with van der Waals surface area (Å²) in [6.07, 6.45) is 0.890. The predicted molar refractivity (Wildman–Crippen MR) is 46.4 cm³/mol. The van der Waals surface area contributed by atoms with Crippen LogP contribution in [0.2, 0.25) is 0 Å². The van der Waals surface area contributed by atoms with Gasteiger partial charge in [0.1, 0.15) is 6.61 Å². The van der Waals surface area contributed by atoms with Gasteiger partial charge in [-0.15, -0.1) is 0 Å². The van der Waals surface area contributed by atoms with Crippen LogP contribution in [0.25, 0.3) is 0 Å². The van der Waals surface area contributed by atoms with E-state index in [4.69, 9.17) is 4.52 Å². The summed E-state index contributed by atoms with van der Waals surface area (Å²) in [6, 6.07) is 1.59. The van der Waals surface area contributed by atoms with Crippen molar-refractivity contribution < 1.29 is 14.1 Å². The van der Waals surface area contributed by atoms with Crippen molar-refractivity contribution >= 4 is 12.0 Å². The average molecular weight is 182 g/mol. The highest BCUT2D eigenvalue weighted by Crippen LogP contribution is 2.08. The Morgan fingerprint density at radius 3 is 3.23 bits per heavy atom. The van der Waals surface area contributed by atoms with E-state index in [-0.39, 0.29) is 12.5 Å². The van der Waals surface area contributed by atoms with Crippen molar-refractivity contribution in [1.82, 2.24) is 5.16 Å². The number of nitrogens with zero attached hydrogens (tertiary/aromatic N) is 1. The highest BCUT2D eigenvalue weighted by molar-refractivity contribution is 5.82. The van der Waals surface area contributed by atoms with E-state index in [0.717, 1.165) is 0 Å². The third-order valence-electron chi connectivity index (χ3n) is 1.19. The smallest absolute Gasteiger partial charge is 0.414 e. The van der Waals surface area contributed by atoms with Crippen LogP contribution in [0.3, 0.4) is 0 Å². The molecule has 0 fully saturated rings. The summed E-state index contributed by atoms with van der Waals surface area (Å²) in [5.41, 5.74) is 0.694. The molecular weight excluding hydrogens is 172 g/mol. The number of ether oxygens (including phenoxy) is 1. The first-order valence-corrected chi connectivity index (χ1v) is 3.70. The zero-order valence-corrected chi connectivity index (χ0v) is 7.24. The van der Waals surface area contributed by atoms with Crippen LogP contribution in [0.1, 0.15) is 5.69 Å². The molecule has 0 unspecified atom stereocenters. The monoisotopic (exact) mass is 182 g/mol. The minimum absolute atomic E-state index is 0.166. The molecule has 1 amide bonds. The first-order valence-electron chi connectivity index (χ1n) is 3.70. The van der Waals surface area contributed by atoms with Gasteiger partial charge in [-0.2, -0.15) is 0 Å². The lowest BCUT2D eigenvalue weighted by Crippen LogP contribution is -2.12. The molecule has 1 rings (SSSR count). The van der Waals surface area contributed by atoms with Crippen LogP contribution in [0, 0.1) is 6.92 Å². The maximum absolute atomic E-state index is 10.9. The van der Waals surface area contributed by atoms with Crippen LogP contribution < -0.4 is 5.32 Å². The number of anilines is 1. The van der Waals surface area contributed by atoms with E-state index in [2.05, 4.69) is 21.8 Å². The minimum atomic E-state index is -0.587. The summed E-state index contributed by atoms with van der Waals surface area (Å²) in [5.74, 6) is 0.270. The first kappa shape index (κ1) is 9.31. The van der Waals surface area contributed by atoms with Crippen molar-refractivity contribution in [3.8, 4) is 0 Å². The fourth-order valence-corrected chi connectivity index (χ4v) is 0.694. The van der Waals surface area contributed by atoms with E-state index in [0.29, 0.717) is 5.69 Å². The van der Waals surface area contributed by atoms with Gasteiger partial charge in [-0.1, -0.05) is 17.8 Å². The molecule has 0 aliphatic rings. The van der Waals surface area contributed by atoms with Gasteiger partial charge >= 0.3 is 6.09 Å². The van der Waals surface area contributed by atoms with Crippen LogP contribution >= 0.6 is 0 Å². The Hall–Kier alpha value is -1.78. The van der Waals surface area contributed by atoms with E-state index in [9.17, 15) is 4.79 Å². The van der Waals surface area contributed by atoms with Crippen molar-refractivity contribution in [2.45, 2.75) is 6.92 Å². The Labute approximate surface area is 75.4 Å². The summed E-state index contributed by atoms with van der Waals surface area (Å²) in [7, 11) is 0. The van der Waals surface area contributed by atoms with Crippen molar-refractivity contribution in [3.05, 3.63) is 24.4 Å². The maximum atomic E-state index is 10.9. The van der Waals surface area contributed by atoms with Crippen molar-refractivity contribution in [1.29, 1.82) is 0 Å². The molecule has 0 saturated carbocycles. The second-order valence-corrected chi connectivity index (χ2v) is 2.34. The van der Waals surface area contributed by atoms with Gasteiger partial charge in [0, 0.05) is 6.07 Å². The van der Waals surface area contributed by atoms with Crippen molar-refractivity contribution in [2.24, 2.45) is 0 Å². The SMILES string of the molecule is C=CCOC(=O)Nc1cc(C)no1. The van der Waals surface area contributed by atoms with Gasteiger partial charge in [-0.05, 0) is 6.92 Å². The maximum Gasteiger partial charge on any atom is 0.414 e. The number of aryl methyl sites for hydroxylation is 1. The molecule has 1 N–H and O–H groups in total. The molecule has 0 aromatic carbocycles. The minimum Gasteiger partial charge on any atom is -0.445 e. The van der Waals surface area contributed by atoms with E-state index in [1.165, 1.54) is 6.08 Å². The molecular formula is C8H10N2O3. The summed E-state index contributed by atoms with van der Waals surface area (Å²) in [5, 5.41) is 5.94. The molecule has 0 saturated heterocycles. The highest BCUT2D eigenvalue weighted by atomic mass is 16.6. The van der Waals surface area contributed by atoms with Crippen LogP contribution in [0.5, 0.6) is 0 Å². The van der Waals surface area contributed by atoms with Gasteiger partial charge in [0.05, 0.1) is 5.69 Å². The topological polar surface area (TPSA) is 64.4 Å². The van der Waals surface area contributed by atoms with Gasteiger partial charge in [-0.3, -0.25) is 5.32 Å². The lowest BCUT2D eigenvalue weighted by atomic mass is 10.5. The Balaban J connectivity index is 2.40. The van der Waals surface area contributed by atoms with Crippen LogP contribution in [-0.4, -0.2) is 17.9 Å². The Bertz CT molecular complexity index is 306. The van der Waals surface area contributed by atoms with E-state index >= 15 is 0 Å². The van der Waals surface area contributed by atoms with E-state index < -0.39 is 6.09 Å². The zero-order chi connectivity index (χ0) is 9.68. The molecule has 1 aromatic heterocycles. The normalized spacial score (nSPS) is 9.31. The molecule has 0 atom stereocenters. The van der Waals surface area contributed by atoms with E-state index in [1.807, 2.05) is 0 Å². The lowest BCUT2D eigenvalue weighted by Gasteiger charge is -1.99. The number of nitrogens with one attached hydrogen (secondary N) is 1. The number of hydrogen-bond acceptors (Lipinski definition) is 4. The number of amides is 1. The molecule has 0 spiro atoms. The van der Waals surface area contributed by atoms with E-state index in [1.54, 1.807) is 13.0 Å². The molecule has 0 aliphatic heterocycles. The molecule has 5 heteroatoms. The summed E-state index contributed by atoms with van der Waals surface area (Å²) in [6.45, 7) is 5.32. The van der Waals surface area contributed by atoms with Crippen LogP contribution in [0.15, 0.2) is 23.2 Å². The standard InChI is InChI=1S/C8H10N2O3/c1-3-4-12-8(11)9-7-5-6(2)10-13-7/h3,5H,1,4H2,2H3,(H,9,11). The lowest BCUT2D eigenvalue weighted by molar-refractivity contribution is 0.173. The second kappa shape index (κ2) is 4.30. The molecule has 0 aliphatic carbocycles. The number of carbonyl (C=O) groups is 1. The van der Waals surface area contributed by atoms with Crippen molar-refractivity contribution in [2.75, 3.05) is 11.9 Å². The molecule has 0 bridgehead atoms. The van der Waals surface area contributed by atoms with Crippen LogP contribution in [-0.2, 0) is 4.74 Å². The van der Waals surface area contributed by atoms with Gasteiger partial charge in [0.2, 0.25) is 5.88 Å². The van der Waals surface area contributed by atoms with Gasteiger partial charge < -0.3 is 9.26 Å². The molecule has 5 nitrogen and oxygen atoms in total. The number of rotatable bonds is 3. The van der Waals surface area contributed by atoms with Crippen molar-refractivity contribution in [3.63, 3.8) is 0 Å². The Morgan fingerprint density at radius 2 is 2.69 bits per heavy atom. The Morgan fingerprint density at radius 1 is 1.92 bits per heavy atom. The van der Waals surface area contributed by atoms with Gasteiger partial charge in [0.25, 0.3) is 0 Å². The van der Waals surface area contributed by atoms with Crippen LogP contribution in [0.4, 0.5) is 10.7 Å². The first-order chi connectivity index (χ1) is 6.22. The molecule has 70 valence electrons. The zero-order valence-electron chi connectivity index (χ0n) is 7.24. The highest BCUT2D eigenvalue weighted by Gasteiger charge is 2.05. The summed E-state index contributed by atoms with van der Waals surface area (Å²) < 4.78 is 9.38. The van der Waals surface area contributed by atoms with Gasteiger partial charge in [-0.25, -0.2) is 4.79 Å². The number of carbonyl (C=O) groups excluding carboxylic acids is 1. The number of aromatic nitrogens is 1. The van der Waals surface area contributed by atoms with Gasteiger partial charge in [0.15, 0.2) is 0 Å². The fraction of sp³-hybridized carbons (Fsp3) is 0.250. The largest absolute Gasteiger partial charge is 0.445 e. The quantitative estimate of drug-likeness (QED) is 0.723. The fourth-order valence-electron chi connectivity index (χ4n) is 0.694. The summed E-state index contributed by atoms with van der Waals surface area (Å²) >= 11 is 0. The predicted octanol–water partition coefficient (Wildman–Crippen LogP) is 1.72.